The van der Waals surface area contributed by atoms with Crippen LogP contribution in [0.5, 0.6) is 5.75 Å². The van der Waals surface area contributed by atoms with Crippen LogP contribution in [0.3, 0.4) is 0 Å². The van der Waals surface area contributed by atoms with Crippen LogP contribution in [0, 0.1) is 6.92 Å². The molecule has 0 aliphatic heterocycles. The molecule has 0 amide bonds. The number of ether oxygens (including phenoxy) is 1. The topological polar surface area (TPSA) is 94.3 Å². The molecule has 8 heteroatoms. The van der Waals surface area contributed by atoms with Crippen molar-refractivity contribution in [2.45, 2.75) is 18.4 Å². The molecule has 0 unspecified atom stereocenters. The monoisotopic (exact) mass is 283 g/mol. The molecule has 2 rings (SSSR count). The van der Waals surface area contributed by atoms with E-state index < -0.39 is 10.0 Å². The average molecular weight is 283 g/mol. The van der Waals surface area contributed by atoms with Gasteiger partial charge in [-0.2, -0.15) is 0 Å². The van der Waals surface area contributed by atoms with Gasteiger partial charge >= 0.3 is 0 Å². The zero-order valence-electron chi connectivity index (χ0n) is 10.5. The quantitative estimate of drug-likeness (QED) is 0.874. The minimum Gasteiger partial charge on any atom is -0.495 e. The minimum atomic E-state index is -3.64. The van der Waals surface area contributed by atoms with Crippen molar-refractivity contribution in [1.29, 1.82) is 0 Å². The summed E-state index contributed by atoms with van der Waals surface area (Å²) in [7, 11) is -2.12. The molecular formula is C11H13N3O4S. The fourth-order valence-corrected chi connectivity index (χ4v) is 2.58. The lowest BCUT2D eigenvalue weighted by molar-refractivity contribution is 0.412. The molecule has 19 heavy (non-hydrogen) atoms. The van der Waals surface area contributed by atoms with Crippen molar-refractivity contribution in [3.8, 4) is 5.75 Å². The number of hydrogen-bond donors (Lipinski definition) is 1. The van der Waals surface area contributed by atoms with E-state index in [1.807, 2.05) is 0 Å². The van der Waals surface area contributed by atoms with Crippen LogP contribution in [0.15, 0.2) is 34.1 Å². The van der Waals surface area contributed by atoms with Crippen LogP contribution in [0.1, 0.15) is 11.3 Å². The lowest BCUT2D eigenvalue weighted by atomic mass is 10.3. The normalized spacial score (nSPS) is 11.5. The molecule has 0 spiro atoms. The first-order valence-electron chi connectivity index (χ1n) is 5.41. The molecule has 2 aromatic heterocycles. The van der Waals surface area contributed by atoms with Gasteiger partial charge in [-0.3, -0.25) is 4.98 Å². The van der Waals surface area contributed by atoms with Gasteiger partial charge in [-0.25, -0.2) is 13.1 Å². The van der Waals surface area contributed by atoms with Gasteiger partial charge in [0.25, 0.3) is 0 Å². The molecule has 2 heterocycles. The third-order valence-corrected chi connectivity index (χ3v) is 3.96. The molecule has 0 aliphatic rings. The van der Waals surface area contributed by atoms with Gasteiger partial charge in [-0.15, -0.1) is 0 Å². The second-order valence-electron chi connectivity index (χ2n) is 3.82. The molecule has 0 aliphatic carbocycles. The Hall–Kier alpha value is -1.93. The Morgan fingerprint density at radius 3 is 2.84 bits per heavy atom. The summed E-state index contributed by atoms with van der Waals surface area (Å²) in [4.78, 5) is 3.98. The highest BCUT2D eigenvalue weighted by atomic mass is 32.2. The van der Waals surface area contributed by atoms with Crippen LogP contribution >= 0.6 is 0 Å². The number of aryl methyl sites for hydroxylation is 1. The minimum absolute atomic E-state index is 0.0309. The molecule has 0 bridgehead atoms. The largest absolute Gasteiger partial charge is 0.495 e. The van der Waals surface area contributed by atoms with Crippen LogP contribution in [0.4, 0.5) is 0 Å². The summed E-state index contributed by atoms with van der Waals surface area (Å²) in [6.07, 6.45) is 4.20. The Labute approximate surface area is 110 Å². The van der Waals surface area contributed by atoms with Crippen molar-refractivity contribution in [2.24, 2.45) is 0 Å². The fraction of sp³-hybridized carbons (Fsp3) is 0.273. The highest BCUT2D eigenvalue weighted by Gasteiger charge is 2.19. The van der Waals surface area contributed by atoms with Gasteiger partial charge < -0.3 is 9.26 Å². The smallest absolute Gasteiger partial charge is 0.245 e. The van der Waals surface area contributed by atoms with E-state index >= 15 is 0 Å². The summed E-state index contributed by atoms with van der Waals surface area (Å²) in [5, 5.41) is 3.54. The standard InChI is InChI=1S/C11H13N3O4S/c1-8-11(7-18-14-8)19(15,16)13-5-9-3-10(17-2)6-12-4-9/h3-4,6-7,13H,5H2,1-2H3. The van der Waals surface area contributed by atoms with Crippen LogP contribution in [-0.4, -0.2) is 25.7 Å². The van der Waals surface area contributed by atoms with Crippen molar-refractivity contribution < 1.29 is 17.7 Å². The van der Waals surface area contributed by atoms with Gasteiger partial charge in [-0.05, 0) is 18.6 Å². The number of rotatable bonds is 5. The maximum atomic E-state index is 12.0. The number of sulfonamides is 1. The summed E-state index contributed by atoms with van der Waals surface area (Å²) in [5.41, 5.74) is 1.01. The third kappa shape index (κ3) is 3.09. The maximum Gasteiger partial charge on any atom is 0.245 e. The molecule has 0 saturated carbocycles. The molecule has 0 fully saturated rings. The van der Waals surface area contributed by atoms with Gasteiger partial charge in [-0.1, -0.05) is 5.16 Å². The summed E-state index contributed by atoms with van der Waals surface area (Å²) in [5.74, 6) is 0.567. The second kappa shape index (κ2) is 5.37. The zero-order valence-corrected chi connectivity index (χ0v) is 11.3. The van der Waals surface area contributed by atoms with Gasteiger partial charge in [0.1, 0.15) is 22.6 Å². The van der Waals surface area contributed by atoms with Gasteiger partial charge in [0, 0.05) is 12.7 Å². The van der Waals surface area contributed by atoms with Crippen LogP contribution in [-0.2, 0) is 16.6 Å². The van der Waals surface area contributed by atoms with E-state index in [1.165, 1.54) is 7.11 Å². The number of methoxy groups -OCH3 is 1. The third-order valence-electron chi connectivity index (χ3n) is 2.47. The molecule has 7 nitrogen and oxygen atoms in total. The molecule has 0 radical (unpaired) electrons. The number of hydrogen-bond acceptors (Lipinski definition) is 6. The molecule has 1 N–H and O–H groups in total. The Morgan fingerprint density at radius 2 is 2.21 bits per heavy atom. The van der Waals surface area contributed by atoms with Crippen molar-refractivity contribution in [3.63, 3.8) is 0 Å². The second-order valence-corrected chi connectivity index (χ2v) is 5.56. The predicted molar refractivity (Wildman–Crippen MR) is 66.1 cm³/mol. The van der Waals surface area contributed by atoms with Gasteiger partial charge in [0.05, 0.1) is 13.3 Å². The Morgan fingerprint density at radius 1 is 1.42 bits per heavy atom. The van der Waals surface area contributed by atoms with E-state index in [4.69, 9.17) is 4.74 Å². The molecular weight excluding hydrogens is 270 g/mol. The summed E-state index contributed by atoms with van der Waals surface area (Å²) in [6, 6.07) is 1.70. The summed E-state index contributed by atoms with van der Waals surface area (Å²) < 4.78 is 36.0. The zero-order chi connectivity index (χ0) is 13.9. The van der Waals surface area contributed by atoms with E-state index in [2.05, 4.69) is 19.4 Å². The Bertz CT molecular complexity index is 666. The molecule has 102 valence electrons. The molecule has 0 atom stereocenters. The van der Waals surface area contributed by atoms with Gasteiger partial charge in [0.15, 0.2) is 0 Å². The van der Waals surface area contributed by atoms with E-state index in [1.54, 1.807) is 25.4 Å². The van der Waals surface area contributed by atoms with E-state index in [0.29, 0.717) is 17.0 Å². The Balaban J connectivity index is 2.12. The number of aromatic nitrogens is 2. The predicted octanol–water partition coefficient (Wildman–Crippen LogP) is 0.865. The first-order chi connectivity index (χ1) is 9.03. The van der Waals surface area contributed by atoms with Crippen LogP contribution in [0.2, 0.25) is 0 Å². The average Bonchev–Trinajstić information content (AvgIpc) is 2.84. The molecule has 2 aromatic rings. The van der Waals surface area contributed by atoms with Crippen molar-refractivity contribution in [2.75, 3.05) is 7.11 Å². The van der Waals surface area contributed by atoms with Crippen molar-refractivity contribution in [3.05, 3.63) is 36.0 Å². The SMILES string of the molecule is COc1cncc(CNS(=O)(=O)c2conc2C)c1. The number of pyridine rings is 1. The van der Waals surface area contributed by atoms with E-state index in [9.17, 15) is 8.42 Å². The lowest BCUT2D eigenvalue weighted by Gasteiger charge is -2.06. The maximum absolute atomic E-state index is 12.0. The van der Waals surface area contributed by atoms with Crippen LogP contribution in [0.25, 0.3) is 0 Å². The molecule has 0 saturated heterocycles. The van der Waals surface area contributed by atoms with Crippen molar-refractivity contribution in [1.82, 2.24) is 14.9 Å². The number of nitrogens with one attached hydrogen (secondary N) is 1. The number of nitrogens with zero attached hydrogens (tertiary/aromatic N) is 2. The van der Waals surface area contributed by atoms with Gasteiger partial charge in [0.2, 0.25) is 10.0 Å². The lowest BCUT2D eigenvalue weighted by Crippen LogP contribution is -2.23. The highest BCUT2D eigenvalue weighted by Crippen LogP contribution is 2.14. The first kappa shape index (κ1) is 13.5. The first-order valence-corrected chi connectivity index (χ1v) is 6.90. The summed E-state index contributed by atoms with van der Waals surface area (Å²) in [6.45, 7) is 1.67. The summed E-state index contributed by atoms with van der Waals surface area (Å²) >= 11 is 0. The fourth-order valence-electron chi connectivity index (χ4n) is 1.47. The Kier molecular flexibility index (Phi) is 3.82. The van der Waals surface area contributed by atoms with E-state index in [-0.39, 0.29) is 11.4 Å². The van der Waals surface area contributed by atoms with E-state index in [0.717, 1.165) is 6.26 Å². The van der Waals surface area contributed by atoms with Crippen LogP contribution < -0.4 is 9.46 Å². The molecule has 0 aromatic carbocycles. The van der Waals surface area contributed by atoms with Crippen molar-refractivity contribution >= 4 is 10.0 Å². The highest BCUT2D eigenvalue weighted by molar-refractivity contribution is 7.89.